The number of aliphatic hydroxyl groups is 1. The van der Waals surface area contributed by atoms with Gasteiger partial charge >= 0.3 is 0 Å². The summed E-state index contributed by atoms with van der Waals surface area (Å²) in [5.74, 6) is 0. The molecule has 0 aromatic heterocycles. The molecule has 2 atom stereocenters. The highest BCUT2D eigenvalue weighted by molar-refractivity contribution is 4.94. The summed E-state index contributed by atoms with van der Waals surface area (Å²) < 4.78 is 0. The zero-order valence-electron chi connectivity index (χ0n) is 10.7. The second-order valence-electron chi connectivity index (χ2n) is 5.59. The molecule has 0 aliphatic carbocycles. The Balaban J connectivity index is 1.94. The van der Waals surface area contributed by atoms with Crippen molar-refractivity contribution in [3.8, 4) is 0 Å². The molecule has 0 aromatic rings. The molecule has 94 valence electrons. The van der Waals surface area contributed by atoms with Gasteiger partial charge in [-0.3, -0.25) is 4.90 Å². The van der Waals surface area contributed by atoms with E-state index in [1.807, 2.05) is 0 Å². The molecule has 0 amide bonds. The van der Waals surface area contributed by atoms with Crippen LogP contribution in [0.25, 0.3) is 0 Å². The zero-order valence-corrected chi connectivity index (χ0v) is 10.7. The fraction of sp³-hybridized carbons (Fsp3) is 1.00. The Labute approximate surface area is 99.4 Å². The van der Waals surface area contributed by atoms with E-state index in [-0.39, 0.29) is 0 Å². The van der Waals surface area contributed by atoms with Gasteiger partial charge in [-0.25, -0.2) is 0 Å². The fourth-order valence-electron chi connectivity index (χ4n) is 3.52. The van der Waals surface area contributed by atoms with Gasteiger partial charge in [0.15, 0.2) is 0 Å². The van der Waals surface area contributed by atoms with Gasteiger partial charge in [-0.15, -0.1) is 0 Å². The molecule has 2 aliphatic heterocycles. The van der Waals surface area contributed by atoms with Crippen molar-refractivity contribution in [2.45, 2.75) is 57.7 Å². The van der Waals surface area contributed by atoms with Crippen LogP contribution in [0.4, 0.5) is 0 Å². The first-order valence-electron chi connectivity index (χ1n) is 6.83. The Morgan fingerprint density at radius 1 is 1.19 bits per heavy atom. The van der Waals surface area contributed by atoms with Crippen molar-refractivity contribution in [2.24, 2.45) is 0 Å². The zero-order chi connectivity index (χ0) is 11.5. The van der Waals surface area contributed by atoms with E-state index in [4.69, 9.17) is 5.11 Å². The molecular formula is C13H26N2O. The van der Waals surface area contributed by atoms with E-state index < -0.39 is 0 Å². The summed E-state index contributed by atoms with van der Waals surface area (Å²) in [5.41, 5.74) is 0. The highest BCUT2D eigenvalue weighted by Gasteiger charge is 2.37. The Morgan fingerprint density at radius 2 is 1.94 bits per heavy atom. The summed E-state index contributed by atoms with van der Waals surface area (Å²) in [5, 5.41) is 8.90. The molecule has 2 aliphatic rings. The minimum Gasteiger partial charge on any atom is -0.396 e. The molecule has 2 fully saturated rings. The molecule has 0 spiro atoms. The van der Waals surface area contributed by atoms with Gasteiger partial charge in [-0.2, -0.15) is 0 Å². The summed E-state index contributed by atoms with van der Waals surface area (Å²) in [4.78, 5) is 5.29. The van der Waals surface area contributed by atoms with Crippen molar-refractivity contribution in [3.05, 3.63) is 0 Å². The summed E-state index contributed by atoms with van der Waals surface area (Å²) in [6.07, 6.45) is 5.02. The SMILES string of the molecule is CC(C)N1C2CCC1CN(CCCO)CC2. The fourth-order valence-corrected chi connectivity index (χ4v) is 3.52. The molecule has 2 bridgehead atoms. The highest BCUT2D eigenvalue weighted by atomic mass is 16.3. The Kier molecular flexibility index (Phi) is 4.22. The summed E-state index contributed by atoms with van der Waals surface area (Å²) in [6.45, 7) is 8.51. The van der Waals surface area contributed by atoms with E-state index in [9.17, 15) is 0 Å². The van der Waals surface area contributed by atoms with E-state index in [2.05, 4.69) is 23.6 Å². The van der Waals surface area contributed by atoms with E-state index in [0.29, 0.717) is 12.6 Å². The van der Waals surface area contributed by atoms with E-state index >= 15 is 0 Å². The highest BCUT2D eigenvalue weighted by Crippen LogP contribution is 2.31. The molecule has 2 saturated heterocycles. The normalized spacial score (nSPS) is 32.2. The van der Waals surface area contributed by atoms with E-state index in [1.165, 1.54) is 32.4 Å². The number of rotatable bonds is 4. The van der Waals surface area contributed by atoms with Crippen molar-refractivity contribution in [1.29, 1.82) is 0 Å². The maximum absolute atomic E-state index is 8.90. The van der Waals surface area contributed by atoms with Crippen molar-refractivity contribution in [1.82, 2.24) is 9.80 Å². The average Bonchev–Trinajstić information content (AvgIpc) is 2.53. The predicted octanol–water partition coefficient (Wildman–Crippen LogP) is 1.32. The van der Waals surface area contributed by atoms with E-state index in [0.717, 1.165) is 25.0 Å². The average molecular weight is 226 g/mol. The molecule has 3 nitrogen and oxygen atoms in total. The summed E-state index contributed by atoms with van der Waals surface area (Å²) >= 11 is 0. The molecule has 1 N–H and O–H groups in total. The molecule has 16 heavy (non-hydrogen) atoms. The molecule has 0 radical (unpaired) electrons. The predicted molar refractivity (Wildman–Crippen MR) is 66.5 cm³/mol. The lowest BCUT2D eigenvalue weighted by Crippen LogP contribution is -2.43. The van der Waals surface area contributed by atoms with Gasteiger partial charge in [0.25, 0.3) is 0 Å². The van der Waals surface area contributed by atoms with Gasteiger partial charge in [0.2, 0.25) is 0 Å². The van der Waals surface area contributed by atoms with Crippen LogP contribution in [0.1, 0.15) is 39.5 Å². The van der Waals surface area contributed by atoms with Crippen LogP contribution in [-0.2, 0) is 0 Å². The maximum Gasteiger partial charge on any atom is 0.0443 e. The van der Waals surface area contributed by atoms with Crippen LogP contribution in [0.3, 0.4) is 0 Å². The Bertz CT molecular complexity index is 220. The van der Waals surface area contributed by atoms with Crippen molar-refractivity contribution in [3.63, 3.8) is 0 Å². The summed E-state index contributed by atoms with van der Waals surface area (Å²) in [6, 6.07) is 2.28. The van der Waals surface area contributed by atoms with Gasteiger partial charge in [-0.1, -0.05) is 0 Å². The molecule has 3 heteroatoms. The third kappa shape index (κ3) is 2.58. The second kappa shape index (κ2) is 5.48. The van der Waals surface area contributed by atoms with Crippen LogP contribution in [-0.4, -0.2) is 59.3 Å². The molecule has 0 saturated carbocycles. The van der Waals surface area contributed by atoms with Gasteiger partial charge in [0.1, 0.15) is 0 Å². The number of aliphatic hydroxyl groups excluding tert-OH is 1. The molecular weight excluding hydrogens is 200 g/mol. The smallest absolute Gasteiger partial charge is 0.0443 e. The van der Waals surface area contributed by atoms with Gasteiger partial charge < -0.3 is 10.0 Å². The van der Waals surface area contributed by atoms with Crippen LogP contribution in [0.2, 0.25) is 0 Å². The third-order valence-corrected chi connectivity index (χ3v) is 4.15. The topological polar surface area (TPSA) is 26.7 Å². The third-order valence-electron chi connectivity index (χ3n) is 4.15. The quantitative estimate of drug-likeness (QED) is 0.783. The Hall–Kier alpha value is -0.120. The molecule has 0 aromatic carbocycles. The minimum absolute atomic E-state index is 0.332. The maximum atomic E-state index is 8.90. The number of nitrogens with zero attached hydrogens (tertiary/aromatic N) is 2. The van der Waals surface area contributed by atoms with Gasteiger partial charge in [0.05, 0.1) is 0 Å². The lowest BCUT2D eigenvalue weighted by molar-refractivity contribution is 0.144. The lowest BCUT2D eigenvalue weighted by Gasteiger charge is -2.32. The largest absolute Gasteiger partial charge is 0.396 e. The van der Waals surface area contributed by atoms with Crippen LogP contribution in [0, 0.1) is 0 Å². The molecule has 2 unspecified atom stereocenters. The molecule has 2 heterocycles. The standard InChI is InChI=1S/C13H26N2O/c1-11(2)15-12-4-5-13(15)10-14(8-6-12)7-3-9-16/h11-13,16H,3-10H2,1-2H3. The number of fused-ring (bicyclic) bond motifs is 2. The van der Waals surface area contributed by atoms with Crippen molar-refractivity contribution in [2.75, 3.05) is 26.2 Å². The van der Waals surface area contributed by atoms with Gasteiger partial charge in [0, 0.05) is 37.8 Å². The van der Waals surface area contributed by atoms with Crippen LogP contribution < -0.4 is 0 Å². The van der Waals surface area contributed by atoms with Crippen LogP contribution in [0.5, 0.6) is 0 Å². The monoisotopic (exact) mass is 226 g/mol. The first-order valence-corrected chi connectivity index (χ1v) is 6.83. The first-order chi connectivity index (χ1) is 7.72. The Morgan fingerprint density at radius 3 is 2.62 bits per heavy atom. The van der Waals surface area contributed by atoms with Crippen LogP contribution in [0.15, 0.2) is 0 Å². The first kappa shape index (κ1) is 12.3. The number of hydrogen-bond acceptors (Lipinski definition) is 3. The number of hydrogen-bond donors (Lipinski definition) is 1. The van der Waals surface area contributed by atoms with E-state index in [1.54, 1.807) is 0 Å². The summed E-state index contributed by atoms with van der Waals surface area (Å²) in [7, 11) is 0. The van der Waals surface area contributed by atoms with Crippen molar-refractivity contribution >= 4 is 0 Å². The minimum atomic E-state index is 0.332. The van der Waals surface area contributed by atoms with Crippen LogP contribution >= 0.6 is 0 Å². The molecule has 2 rings (SSSR count). The second-order valence-corrected chi connectivity index (χ2v) is 5.59. The van der Waals surface area contributed by atoms with Gasteiger partial charge in [-0.05, 0) is 46.1 Å². The number of likely N-dealkylation sites (tertiary alicyclic amines) is 1. The lowest BCUT2D eigenvalue weighted by atomic mass is 10.1. The van der Waals surface area contributed by atoms with Crippen molar-refractivity contribution < 1.29 is 5.11 Å².